The number of aliphatic hydroxyl groups is 1. The largest absolute Gasteiger partial charge is 0.444 e. The second-order valence-corrected chi connectivity index (χ2v) is 10.5. The highest BCUT2D eigenvalue weighted by molar-refractivity contribution is 5.76. The van der Waals surface area contributed by atoms with Crippen molar-refractivity contribution < 1.29 is 19.4 Å². The van der Waals surface area contributed by atoms with Gasteiger partial charge in [0.2, 0.25) is 5.91 Å². The van der Waals surface area contributed by atoms with Gasteiger partial charge < -0.3 is 15.2 Å². The number of amides is 2. The molecule has 1 aromatic heterocycles. The number of nitrogens with zero attached hydrogens (tertiary/aromatic N) is 3. The van der Waals surface area contributed by atoms with Gasteiger partial charge in [-0.1, -0.05) is 19.8 Å². The molecule has 0 radical (unpaired) electrons. The van der Waals surface area contributed by atoms with Gasteiger partial charge in [-0.25, -0.2) is 4.79 Å². The molecular weight excluding hydrogens is 396 g/mol. The van der Waals surface area contributed by atoms with Crippen LogP contribution in [0.5, 0.6) is 0 Å². The lowest BCUT2D eigenvalue weighted by atomic mass is 9.75. The molecule has 1 aliphatic carbocycles. The standard InChI is InChI=1S/C23H38N4O4/c1-15-11-16(2)26(25-15)14-20(29)24-13-17-12-23(6)18(9-7-8-10-19(23)28)27(17)21(30)31-22(3,4)5/h11,17-19,28H,7-10,12-14H2,1-6H3,(H,24,29)/t17-,18-,19+,23-/m1/s1. The highest BCUT2D eigenvalue weighted by atomic mass is 16.6. The number of aromatic nitrogens is 2. The van der Waals surface area contributed by atoms with Crippen molar-refractivity contribution in [1.29, 1.82) is 0 Å². The average molecular weight is 435 g/mol. The second-order valence-electron chi connectivity index (χ2n) is 10.5. The predicted molar refractivity (Wildman–Crippen MR) is 118 cm³/mol. The second kappa shape index (κ2) is 8.81. The molecule has 1 aliphatic heterocycles. The molecule has 2 amide bonds. The van der Waals surface area contributed by atoms with E-state index in [1.165, 1.54) is 0 Å². The molecular formula is C23H38N4O4. The highest BCUT2D eigenvalue weighted by Crippen LogP contribution is 2.48. The molecule has 1 saturated heterocycles. The zero-order valence-corrected chi connectivity index (χ0v) is 19.8. The van der Waals surface area contributed by atoms with Crippen LogP contribution in [0.1, 0.15) is 71.2 Å². The van der Waals surface area contributed by atoms with Gasteiger partial charge in [0.05, 0.1) is 17.8 Å². The number of hydrogen-bond acceptors (Lipinski definition) is 5. The molecule has 8 nitrogen and oxygen atoms in total. The van der Waals surface area contributed by atoms with E-state index in [1.54, 1.807) is 9.58 Å². The Morgan fingerprint density at radius 1 is 1.29 bits per heavy atom. The minimum Gasteiger partial charge on any atom is -0.444 e. The van der Waals surface area contributed by atoms with Gasteiger partial charge in [0, 0.05) is 23.7 Å². The average Bonchev–Trinajstić information content (AvgIpc) is 3.06. The molecule has 0 bridgehead atoms. The molecule has 2 N–H and O–H groups in total. The molecule has 1 aromatic rings. The summed E-state index contributed by atoms with van der Waals surface area (Å²) >= 11 is 0. The summed E-state index contributed by atoms with van der Waals surface area (Å²) in [6, 6.07) is 1.62. The third-order valence-corrected chi connectivity index (χ3v) is 6.67. The number of carbonyl (C=O) groups excluding carboxylic acids is 2. The van der Waals surface area contributed by atoms with Crippen molar-refractivity contribution in [1.82, 2.24) is 20.0 Å². The van der Waals surface area contributed by atoms with E-state index < -0.39 is 17.1 Å². The van der Waals surface area contributed by atoms with E-state index in [1.807, 2.05) is 40.7 Å². The van der Waals surface area contributed by atoms with Gasteiger partial charge in [-0.2, -0.15) is 5.10 Å². The summed E-state index contributed by atoms with van der Waals surface area (Å²) in [6.45, 7) is 11.9. The van der Waals surface area contributed by atoms with Crippen molar-refractivity contribution in [2.24, 2.45) is 5.41 Å². The zero-order chi connectivity index (χ0) is 23.0. The van der Waals surface area contributed by atoms with Crippen LogP contribution in [0.3, 0.4) is 0 Å². The first-order valence-electron chi connectivity index (χ1n) is 11.4. The number of rotatable bonds is 4. The summed E-state index contributed by atoms with van der Waals surface area (Å²) in [5.41, 5.74) is 0.794. The minimum atomic E-state index is -0.608. The number of likely N-dealkylation sites (tertiary alicyclic amines) is 1. The smallest absolute Gasteiger partial charge is 0.410 e. The molecule has 31 heavy (non-hydrogen) atoms. The SMILES string of the molecule is Cc1cc(C)n(CC(=O)NC[C@H]2C[C@@]3(C)[C@@H](O)CCCC[C@H]3N2C(=O)OC(C)(C)C)n1. The van der Waals surface area contributed by atoms with Crippen LogP contribution in [-0.4, -0.2) is 62.1 Å². The molecule has 2 aliphatic rings. The fourth-order valence-electron chi connectivity index (χ4n) is 5.17. The Morgan fingerprint density at radius 3 is 2.58 bits per heavy atom. The maximum Gasteiger partial charge on any atom is 0.410 e. The lowest BCUT2D eigenvalue weighted by Crippen LogP contribution is -2.50. The van der Waals surface area contributed by atoms with Crippen LogP contribution < -0.4 is 5.32 Å². The molecule has 2 fully saturated rings. The first kappa shape index (κ1) is 23.6. The molecule has 2 heterocycles. The number of ether oxygens (including phenoxy) is 1. The maximum atomic E-state index is 13.2. The first-order chi connectivity index (χ1) is 14.4. The maximum absolute atomic E-state index is 13.2. The number of aryl methyl sites for hydroxylation is 2. The van der Waals surface area contributed by atoms with Crippen LogP contribution in [-0.2, 0) is 16.1 Å². The van der Waals surface area contributed by atoms with E-state index in [2.05, 4.69) is 17.3 Å². The Morgan fingerprint density at radius 2 is 1.97 bits per heavy atom. The molecule has 4 atom stereocenters. The van der Waals surface area contributed by atoms with Crippen LogP contribution in [0.15, 0.2) is 6.07 Å². The van der Waals surface area contributed by atoms with Gasteiger partial charge >= 0.3 is 6.09 Å². The lowest BCUT2D eigenvalue weighted by molar-refractivity contribution is -0.122. The van der Waals surface area contributed by atoms with Gasteiger partial charge in [0.15, 0.2) is 0 Å². The first-order valence-corrected chi connectivity index (χ1v) is 11.4. The van der Waals surface area contributed by atoms with Crippen LogP contribution in [0.4, 0.5) is 4.79 Å². The number of carbonyl (C=O) groups is 2. The molecule has 0 unspecified atom stereocenters. The topological polar surface area (TPSA) is 96.7 Å². The van der Waals surface area contributed by atoms with Crippen molar-refractivity contribution in [2.75, 3.05) is 6.54 Å². The monoisotopic (exact) mass is 434 g/mol. The summed E-state index contributed by atoms with van der Waals surface area (Å²) in [5, 5.41) is 18.2. The van der Waals surface area contributed by atoms with Crippen molar-refractivity contribution >= 4 is 12.0 Å². The van der Waals surface area contributed by atoms with Crippen molar-refractivity contribution in [2.45, 2.75) is 104 Å². The molecule has 3 rings (SSSR count). The van der Waals surface area contributed by atoms with Gasteiger partial charge in [0.25, 0.3) is 0 Å². The number of aliphatic hydroxyl groups excluding tert-OH is 1. The van der Waals surface area contributed by atoms with E-state index in [0.717, 1.165) is 37.1 Å². The van der Waals surface area contributed by atoms with Crippen molar-refractivity contribution in [3.63, 3.8) is 0 Å². The minimum absolute atomic E-state index is 0.0993. The molecule has 0 spiro atoms. The summed E-state index contributed by atoms with van der Waals surface area (Å²) in [6.07, 6.45) is 3.30. The fourth-order valence-corrected chi connectivity index (χ4v) is 5.17. The third kappa shape index (κ3) is 5.22. The van der Waals surface area contributed by atoms with Gasteiger partial charge in [0.1, 0.15) is 12.1 Å². The Bertz CT molecular complexity index is 815. The number of fused-ring (bicyclic) bond motifs is 1. The fraction of sp³-hybridized carbons (Fsp3) is 0.783. The van der Waals surface area contributed by atoms with Crippen molar-refractivity contribution in [3.05, 3.63) is 17.5 Å². The normalized spacial score (nSPS) is 28.7. The van der Waals surface area contributed by atoms with Crippen LogP contribution in [0.25, 0.3) is 0 Å². The third-order valence-electron chi connectivity index (χ3n) is 6.67. The van der Waals surface area contributed by atoms with E-state index in [9.17, 15) is 14.7 Å². The summed E-state index contributed by atoms with van der Waals surface area (Å²) in [4.78, 5) is 27.6. The summed E-state index contributed by atoms with van der Waals surface area (Å²) in [7, 11) is 0. The van der Waals surface area contributed by atoms with E-state index in [4.69, 9.17) is 4.74 Å². The Balaban J connectivity index is 1.75. The van der Waals surface area contributed by atoms with Crippen LogP contribution >= 0.6 is 0 Å². The Labute approximate surface area is 185 Å². The van der Waals surface area contributed by atoms with Gasteiger partial charge in [-0.3, -0.25) is 14.4 Å². The zero-order valence-electron chi connectivity index (χ0n) is 19.8. The van der Waals surface area contributed by atoms with E-state index in [0.29, 0.717) is 13.0 Å². The molecule has 174 valence electrons. The Hall–Kier alpha value is -2.09. The lowest BCUT2D eigenvalue weighted by Gasteiger charge is -2.37. The molecule has 8 heteroatoms. The van der Waals surface area contributed by atoms with Crippen LogP contribution in [0, 0.1) is 19.3 Å². The van der Waals surface area contributed by atoms with E-state index >= 15 is 0 Å². The van der Waals surface area contributed by atoms with Gasteiger partial charge in [-0.05, 0) is 59.9 Å². The van der Waals surface area contributed by atoms with Crippen LogP contribution in [0.2, 0.25) is 0 Å². The molecule has 0 aromatic carbocycles. The highest BCUT2D eigenvalue weighted by Gasteiger charge is 2.55. The van der Waals surface area contributed by atoms with Gasteiger partial charge in [-0.15, -0.1) is 0 Å². The summed E-state index contributed by atoms with van der Waals surface area (Å²) < 4.78 is 7.40. The number of hydrogen-bond donors (Lipinski definition) is 2. The molecule has 1 saturated carbocycles. The van der Waals surface area contributed by atoms with E-state index in [-0.39, 0.29) is 30.6 Å². The quantitative estimate of drug-likeness (QED) is 0.759. The Kier molecular flexibility index (Phi) is 6.69. The van der Waals surface area contributed by atoms with Crippen molar-refractivity contribution in [3.8, 4) is 0 Å². The number of nitrogens with one attached hydrogen (secondary N) is 1. The predicted octanol–water partition coefficient (Wildman–Crippen LogP) is 2.94. The summed E-state index contributed by atoms with van der Waals surface area (Å²) in [5.74, 6) is -0.145.